The van der Waals surface area contributed by atoms with Crippen LogP contribution >= 0.6 is 23.1 Å². The molecule has 0 bridgehead atoms. The van der Waals surface area contributed by atoms with Crippen molar-refractivity contribution in [3.8, 4) is 0 Å². The van der Waals surface area contributed by atoms with E-state index in [0.29, 0.717) is 10.7 Å². The van der Waals surface area contributed by atoms with Crippen molar-refractivity contribution in [1.82, 2.24) is 4.98 Å². The number of carbonyl (C=O) groups is 1. The Morgan fingerprint density at radius 2 is 2.10 bits per heavy atom. The fourth-order valence-electron chi connectivity index (χ4n) is 2.04. The zero-order valence-electron chi connectivity index (χ0n) is 11.7. The molecule has 3 rings (SSSR count). The SMILES string of the molecule is CSc1ccc2nc(NC(=O)c3cccc(C)c3)sc2c1. The third-order valence-electron chi connectivity index (χ3n) is 3.10. The first-order valence-electron chi connectivity index (χ1n) is 6.48. The molecule has 5 heteroatoms. The number of carbonyl (C=O) groups excluding carboxylic acids is 1. The first-order chi connectivity index (χ1) is 10.2. The second kappa shape index (κ2) is 5.87. The molecule has 3 aromatic rings. The van der Waals surface area contributed by atoms with Gasteiger partial charge in [-0.1, -0.05) is 29.0 Å². The third-order valence-corrected chi connectivity index (χ3v) is 4.76. The minimum Gasteiger partial charge on any atom is -0.298 e. The molecular formula is C16H14N2OS2. The number of nitrogens with zero attached hydrogens (tertiary/aromatic N) is 1. The van der Waals surface area contributed by atoms with Crippen molar-refractivity contribution in [2.24, 2.45) is 0 Å². The van der Waals surface area contributed by atoms with Gasteiger partial charge in [0.15, 0.2) is 5.13 Å². The molecule has 1 N–H and O–H groups in total. The highest BCUT2D eigenvalue weighted by atomic mass is 32.2. The number of rotatable bonds is 3. The lowest BCUT2D eigenvalue weighted by Gasteiger charge is -2.02. The van der Waals surface area contributed by atoms with Crippen LogP contribution in [-0.2, 0) is 0 Å². The summed E-state index contributed by atoms with van der Waals surface area (Å²) in [6.45, 7) is 1.97. The maximum Gasteiger partial charge on any atom is 0.257 e. The third kappa shape index (κ3) is 3.09. The van der Waals surface area contributed by atoms with E-state index in [1.165, 1.54) is 16.2 Å². The van der Waals surface area contributed by atoms with Crippen LogP contribution in [0.15, 0.2) is 47.4 Å². The highest BCUT2D eigenvalue weighted by Crippen LogP contribution is 2.29. The van der Waals surface area contributed by atoms with E-state index in [1.807, 2.05) is 49.6 Å². The van der Waals surface area contributed by atoms with Crippen LogP contribution in [0.3, 0.4) is 0 Å². The monoisotopic (exact) mass is 314 g/mol. The van der Waals surface area contributed by atoms with E-state index in [-0.39, 0.29) is 5.91 Å². The lowest BCUT2D eigenvalue weighted by molar-refractivity contribution is 0.102. The fraction of sp³-hybridized carbons (Fsp3) is 0.125. The molecule has 21 heavy (non-hydrogen) atoms. The zero-order chi connectivity index (χ0) is 14.8. The second-order valence-electron chi connectivity index (χ2n) is 4.68. The minimum absolute atomic E-state index is 0.122. The van der Waals surface area contributed by atoms with Crippen LogP contribution in [0.5, 0.6) is 0 Å². The number of benzene rings is 2. The quantitative estimate of drug-likeness (QED) is 0.720. The Kier molecular flexibility index (Phi) is 3.94. The van der Waals surface area contributed by atoms with Crippen molar-refractivity contribution < 1.29 is 4.79 Å². The number of amides is 1. The van der Waals surface area contributed by atoms with E-state index < -0.39 is 0 Å². The summed E-state index contributed by atoms with van der Waals surface area (Å²) in [6.07, 6.45) is 2.04. The number of hydrogen-bond acceptors (Lipinski definition) is 4. The zero-order valence-corrected chi connectivity index (χ0v) is 13.3. The van der Waals surface area contributed by atoms with Crippen molar-refractivity contribution in [3.63, 3.8) is 0 Å². The normalized spacial score (nSPS) is 10.8. The molecule has 0 radical (unpaired) electrons. The summed E-state index contributed by atoms with van der Waals surface area (Å²) >= 11 is 3.19. The number of aromatic nitrogens is 1. The van der Waals surface area contributed by atoms with Crippen molar-refractivity contribution in [2.45, 2.75) is 11.8 Å². The maximum absolute atomic E-state index is 12.2. The first-order valence-corrected chi connectivity index (χ1v) is 8.52. The summed E-state index contributed by atoms with van der Waals surface area (Å²) in [5.74, 6) is -0.122. The molecule has 2 aromatic carbocycles. The minimum atomic E-state index is -0.122. The predicted molar refractivity (Wildman–Crippen MR) is 90.5 cm³/mol. The van der Waals surface area contributed by atoms with Gasteiger partial charge >= 0.3 is 0 Å². The number of thiazole rings is 1. The molecule has 106 valence electrons. The molecule has 1 amide bonds. The summed E-state index contributed by atoms with van der Waals surface area (Å²) in [5, 5.41) is 3.51. The Hall–Kier alpha value is -1.85. The largest absolute Gasteiger partial charge is 0.298 e. The van der Waals surface area contributed by atoms with E-state index in [2.05, 4.69) is 16.4 Å². The Morgan fingerprint density at radius 1 is 1.24 bits per heavy atom. The number of aryl methyl sites for hydroxylation is 1. The molecule has 0 aliphatic heterocycles. The fourth-order valence-corrected chi connectivity index (χ4v) is 3.46. The standard InChI is InChI=1S/C16H14N2OS2/c1-10-4-3-5-11(8-10)15(19)18-16-17-13-7-6-12(20-2)9-14(13)21-16/h3-9H,1-2H3,(H,17,18,19). The van der Waals surface area contributed by atoms with Gasteiger partial charge in [0.1, 0.15) is 0 Å². The van der Waals surface area contributed by atoms with Gasteiger partial charge in [-0.2, -0.15) is 0 Å². The van der Waals surface area contributed by atoms with Crippen LogP contribution in [0.25, 0.3) is 10.2 Å². The lowest BCUT2D eigenvalue weighted by atomic mass is 10.1. The van der Waals surface area contributed by atoms with Gasteiger partial charge in [-0.05, 0) is 43.5 Å². The molecule has 0 atom stereocenters. The van der Waals surface area contributed by atoms with Crippen molar-refractivity contribution in [2.75, 3.05) is 11.6 Å². The number of hydrogen-bond donors (Lipinski definition) is 1. The highest BCUT2D eigenvalue weighted by Gasteiger charge is 2.10. The summed E-state index contributed by atoms with van der Waals surface area (Å²) in [4.78, 5) is 17.9. The summed E-state index contributed by atoms with van der Waals surface area (Å²) in [5.41, 5.74) is 2.63. The molecule has 1 heterocycles. The van der Waals surface area contributed by atoms with Crippen LogP contribution in [0, 0.1) is 6.92 Å². The van der Waals surface area contributed by atoms with E-state index in [9.17, 15) is 4.79 Å². The van der Waals surface area contributed by atoms with E-state index in [0.717, 1.165) is 15.8 Å². The van der Waals surface area contributed by atoms with Gasteiger partial charge in [0, 0.05) is 10.5 Å². The van der Waals surface area contributed by atoms with Crippen LogP contribution in [-0.4, -0.2) is 17.1 Å². The number of fused-ring (bicyclic) bond motifs is 1. The van der Waals surface area contributed by atoms with Gasteiger partial charge in [0.05, 0.1) is 10.2 Å². The van der Waals surface area contributed by atoms with Crippen LogP contribution in [0.1, 0.15) is 15.9 Å². The molecule has 0 aliphatic rings. The van der Waals surface area contributed by atoms with Crippen LogP contribution < -0.4 is 5.32 Å². The molecule has 1 aromatic heterocycles. The smallest absolute Gasteiger partial charge is 0.257 e. The molecule has 0 spiro atoms. The average Bonchev–Trinajstić information content (AvgIpc) is 2.88. The maximum atomic E-state index is 12.2. The van der Waals surface area contributed by atoms with Gasteiger partial charge in [-0.3, -0.25) is 10.1 Å². The van der Waals surface area contributed by atoms with Crippen LogP contribution in [0.4, 0.5) is 5.13 Å². The molecule has 0 saturated heterocycles. The number of nitrogens with one attached hydrogen (secondary N) is 1. The summed E-state index contributed by atoms with van der Waals surface area (Å²) < 4.78 is 1.08. The molecule has 0 saturated carbocycles. The molecule has 0 fully saturated rings. The van der Waals surface area contributed by atoms with E-state index >= 15 is 0 Å². The van der Waals surface area contributed by atoms with Crippen molar-refractivity contribution in [1.29, 1.82) is 0 Å². The van der Waals surface area contributed by atoms with Crippen LogP contribution in [0.2, 0.25) is 0 Å². The van der Waals surface area contributed by atoms with Gasteiger partial charge in [0.2, 0.25) is 0 Å². The molecular weight excluding hydrogens is 300 g/mol. The van der Waals surface area contributed by atoms with E-state index in [4.69, 9.17) is 0 Å². The Labute approximate surface area is 131 Å². The Morgan fingerprint density at radius 3 is 2.86 bits per heavy atom. The van der Waals surface area contributed by atoms with Crippen molar-refractivity contribution >= 4 is 44.4 Å². The predicted octanol–water partition coefficient (Wildman–Crippen LogP) is 4.58. The molecule has 0 aliphatic carbocycles. The van der Waals surface area contributed by atoms with Gasteiger partial charge in [-0.15, -0.1) is 11.8 Å². The second-order valence-corrected chi connectivity index (χ2v) is 6.59. The summed E-state index contributed by atoms with van der Waals surface area (Å²) in [6, 6.07) is 13.7. The van der Waals surface area contributed by atoms with Crippen molar-refractivity contribution in [3.05, 3.63) is 53.6 Å². The number of anilines is 1. The Balaban J connectivity index is 1.86. The molecule has 3 nitrogen and oxygen atoms in total. The first kappa shape index (κ1) is 14.1. The number of thioether (sulfide) groups is 1. The van der Waals surface area contributed by atoms with E-state index in [1.54, 1.807) is 11.8 Å². The Bertz CT molecular complexity index is 811. The van der Waals surface area contributed by atoms with Gasteiger partial charge in [-0.25, -0.2) is 4.98 Å². The summed E-state index contributed by atoms with van der Waals surface area (Å²) in [7, 11) is 0. The highest BCUT2D eigenvalue weighted by molar-refractivity contribution is 7.98. The topological polar surface area (TPSA) is 42.0 Å². The average molecular weight is 314 g/mol. The lowest BCUT2D eigenvalue weighted by Crippen LogP contribution is -2.11. The van der Waals surface area contributed by atoms with Gasteiger partial charge in [0.25, 0.3) is 5.91 Å². The van der Waals surface area contributed by atoms with Gasteiger partial charge < -0.3 is 0 Å². The molecule has 0 unspecified atom stereocenters.